The summed E-state index contributed by atoms with van der Waals surface area (Å²) >= 11 is 0. The Kier molecular flexibility index (Phi) is 6.55. The van der Waals surface area contributed by atoms with E-state index in [1.165, 1.54) is 6.07 Å². The molecule has 2 aromatic heterocycles. The zero-order valence-electron chi connectivity index (χ0n) is 19.8. The molecule has 0 saturated carbocycles. The van der Waals surface area contributed by atoms with E-state index in [9.17, 15) is 13.2 Å². The maximum absolute atomic E-state index is 12.9. The summed E-state index contributed by atoms with van der Waals surface area (Å²) in [5, 5.41) is 7.02. The van der Waals surface area contributed by atoms with E-state index in [0.29, 0.717) is 23.0 Å². The summed E-state index contributed by atoms with van der Waals surface area (Å²) in [6.07, 6.45) is 0.623. The Morgan fingerprint density at radius 2 is 1.62 bits per heavy atom. The van der Waals surface area contributed by atoms with Gasteiger partial charge in [0.25, 0.3) is 0 Å². The number of benzene rings is 3. The Labute approximate surface area is 211 Å². The summed E-state index contributed by atoms with van der Waals surface area (Å²) < 4.78 is 38.8. The second-order valence-corrected chi connectivity index (χ2v) is 8.38. The molecule has 5 nitrogen and oxygen atoms in total. The molecule has 2 heterocycles. The highest BCUT2D eigenvalue weighted by Crippen LogP contribution is 2.31. The Morgan fingerprint density at radius 3 is 2.38 bits per heavy atom. The predicted octanol–water partition coefficient (Wildman–Crippen LogP) is 7.85. The Balaban J connectivity index is 1.27. The second kappa shape index (κ2) is 10.1. The highest BCUT2D eigenvalue weighted by Gasteiger charge is 2.30. The molecule has 0 atom stereocenters. The van der Waals surface area contributed by atoms with Crippen LogP contribution in [0.2, 0.25) is 0 Å². The maximum Gasteiger partial charge on any atom is 0.416 e. The largest absolute Gasteiger partial charge is 0.416 e. The molecule has 37 heavy (non-hydrogen) atoms. The van der Waals surface area contributed by atoms with Crippen molar-refractivity contribution in [2.45, 2.75) is 13.1 Å². The van der Waals surface area contributed by atoms with Crippen LogP contribution in [0.15, 0.2) is 97.3 Å². The monoisotopic (exact) mass is 497 g/mol. The molecule has 2 N–H and O–H groups in total. The number of hydrogen-bond donors (Lipinski definition) is 2. The molecular weight excluding hydrogens is 475 g/mol. The van der Waals surface area contributed by atoms with E-state index in [1.807, 2.05) is 37.3 Å². The number of anilines is 3. The lowest BCUT2D eigenvalue weighted by atomic mass is 10.0. The third kappa shape index (κ3) is 5.75. The van der Waals surface area contributed by atoms with Gasteiger partial charge in [-0.05, 0) is 60.5 Å². The van der Waals surface area contributed by atoms with E-state index in [2.05, 4.69) is 43.8 Å². The number of aryl methyl sites for hydroxylation is 1. The van der Waals surface area contributed by atoms with Crippen molar-refractivity contribution in [3.8, 4) is 11.1 Å². The van der Waals surface area contributed by atoms with Crippen molar-refractivity contribution in [2.75, 3.05) is 10.6 Å². The summed E-state index contributed by atoms with van der Waals surface area (Å²) in [7, 11) is 0. The van der Waals surface area contributed by atoms with Crippen LogP contribution in [-0.2, 0) is 6.18 Å². The minimum absolute atomic E-state index is 0.334. The molecule has 8 heteroatoms. The van der Waals surface area contributed by atoms with E-state index in [4.69, 9.17) is 0 Å². The fourth-order valence-corrected chi connectivity index (χ4v) is 3.88. The molecule has 0 aliphatic heterocycles. The lowest BCUT2D eigenvalue weighted by Gasteiger charge is -2.10. The van der Waals surface area contributed by atoms with Crippen LogP contribution in [0.4, 0.5) is 30.5 Å². The molecule has 0 fully saturated rings. The van der Waals surface area contributed by atoms with Crippen LogP contribution in [0.25, 0.3) is 28.1 Å². The average Bonchev–Trinajstić information content (AvgIpc) is 2.90. The van der Waals surface area contributed by atoms with Gasteiger partial charge in [0.2, 0.25) is 5.95 Å². The smallest absolute Gasteiger partial charge is 0.354 e. The Hall–Kier alpha value is -4.72. The van der Waals surface area contributed by atoms with Crippen LogP contribution in [0.1, 0.15) is 17.0 Å². The maximum atomic E-state index is 12.9. The average molecular weight is 498 g/mol. The van der Waals surface area contributed by atoms with Gasteiger partial charge >= 0.3 is 6.18 Å². The van der Waals surface area contributed by atoms with Crippen LogP contribution in [0.5, 0.6) is 0 Å². The number of rotatable bonds is 6. The lowest BCUT2D eigenvalue weighted by molar-refractivity contribution is -0.137. The predicted molar refractivity (Wildman–Crippen MR) is 141 cm³/mol. The summed E-state index contributed by atoms with van der Waals surface area (Å²) in [5.41, 5.74) is 4.76. The number of pyridine rings is 1. The molecule has 5 rings (SSSR count). The van der Waals surface area contributed by atoms with Gasteiger partial charge in [-0.2, -0.15) is 13.2 Å². The van der Waals surface area contributed by atoms with Crippen molar-refractivity contribution in [1.82, 2.24) is 15.0 Å². The molecule has 0 aliphatic rings. The van der Waals surface area contributed by atoms with Crippen molar-refractivity contribution in [2.24, 2.45) is 0 Å². The molecular formula is C29H22F3N5. The second-order valence-electron chi connectivity index (χ2n) is 8.38. The normalized spacial score (nSPS) is 11.7. The Morgan fingerprint density at radius 1 is 0.784 bits per heavy atom. The molecule has 184 valence electrons. The highest BCUT2D eigenvalue weighted by atomic mass is 19.4. The number of hydrogen-bond acceptors (Lipinski definition) is 5. The Bertz CT molecular complexity index is 1560. The zero-order valence-corrected chi connectivity index (χ0v) is 19.8. The summed E-state index contributed by atoms with van der Waals surface area (Å²) in [4.78, 5) is 13.5. The molecule has 0 aliphatic carbocycles. The quantitative estimate of drug-likeness (QED) is 0.250. The number of fused-ring (bicyclic) bond motifs is 1. The first kappa shape index (κ1) is 24.0. The number of halogens is 3. The molecule has 0 spiro atoms. The minimum atomic E-state index is -4.39. The highest BCUT2D eigenvalue weighted by molar-refractivity contribution is 5.86. The van der Waals surface area contributed by atoms with Crippen LogP contribution in [0.3, 0.4) is 0 Å². The van der Waals surface area contributed by atoms with Crippen molar-refractivity contribution in [3.63, 3.8) is 0 Å². The van der Waals surface area contributed by atoms with Crippen molar-refractivity contribution in [1.29, 1.82) is 0 Å². The molecule has 0 amide bonds. The fraction of sp³-hybridized carbons (Fsp3) is 0.0690. The summed E-state index contributed by atoms with van der Waals surface area (Å²) in [5.74, 6) is 0.467. The number of aromatic nitrogens is 3. The summed E-state index contributed by atoms with van der Waals surface area (Å²) in [6, 6.07) is 24.8. The van der Waals surface area contributed by atoms with Gasteiger partial charge in [0.1, 0.15) is 0 Å². The molecule has 0 radical (unpaired) electrons. The van der Waals surface area contributed by atoms with Gasteiger partial charge in [-0.3, -0.25) is 4.98 Å². The van der Waals surface area contributed by atoms with Gasteiger partial charge < -0.3 is 10.6 Å². The van der Waals surface area contributed by atoms with E-state index in [1.54, 1.807) is 36.7 Å². The van der Waals surface area contributed by atoms with E-state index in [0.717, 1.165) is 39.9 Å². The topological polar surface area (TPSA) is 62.7 Å². The molecule has 3 aromatic carbocycles. The summed E-state index contributed by atoms with van der Waals surface area (Å²) in [6.45, 7) is 1.94. The van der Waals surface area contributed by atoms with E-state index >= 15 is 0 Å². The van der Waals surface area contributed by atoms with Crippen LogP contribution >= 0.6 is 0 Å². The first-order chi connectivity index (χ1) is 17.8. The first-order valence-electron chi connectivity index (χ1n) is 11.5. The van der Waals surface area contributed by atoms with E-state index < -0.39 is 11.7 Å². The van der Waals surface area contributed by atoms with Crippen LogP contribution < -0.4 is 10.6 Å². The molecule has 0 saturated heterocycles. The standard InChI is InChI=1S/C29H22F3N5/c1-19-26-13-10-21(20-6-3-2-4-7-20)16-27(26)37-28(35-19)33-15-14-23-11-12-25(18-34-23)36-24-9-5-8-22(17-24)29(30,31)32/h2-18,36H,1H3,(H,33,35,37)/b15-14+. The third-order valence-electron chi connectivity index (χ3n) is 5.73. The van der Waals surface area contributed by atoms with Crippen LogP contribution in [-0.4, -0.2) is 15.0 Å². The number of nitrogens with zero attached hydrogens (tertiary/aromatic N) is 3. The number of nitrogens with one attached hydrogen (secondary N) is 2. The third-order valence-corrected chi connectivity index (χ3v) is 5.73. The van der Waals surface area contributed by atoms with Gasteiger partial charge in [0, 0.05) is 17.3 Å². The van der Waals surface area contributed by atoms with E-state index in [-0.39, 0.29) is 0 Å². The zero-order chi connectivity index (χ0) is 25.8. The molecule has 0 bridgehead atoms. The molecule has 0 unspecified atom stereocenters. The lowest BCUT2D eigenvalue weighted by Crippen LogP contribution is -2.05. The molecule has 5 aromatic rings. The minimum Gasteiger partial charge on any atom is -0.354 e. The first-order valence-corrected chi connectivity index (χ1v) is 11.5. The number of alkyl halides is 3. The fourth-order valence-electron chi connectivity index (χ4n) is 3.88. The van der Waals surface area contributed by atoms with Gasteiger partial charge in [0.15, 0.2) is 0 Å². The van der Waals surface area contributed by atoms with Crippen LogP contribution in [0, 0.1) is 6.92 Å². The van der Waals surface area contributed by atoms with Gasteiger partial charge in [0.05, 0.1) is 34.4 Å². The van der Waals surface area contributed by atoms with Gasteiger partial charge in [-0.15, -0.1) is 0 Å². The van der Waals surface area contributed by atoms with Gasteiger partial charge in [-0.1, -0.05) is 48.5 Å². The van der Waals surface area contributed by atoms with Gasteiger partial charge in [-0.25, -0.2) is 9.97 Å². The SMILES string of the molecule is Cc1nc(N/C=C/c2ccc(Nc3cccc(C(F)(F)F)c3)cn2)nc2cc(-c3ccccc3)ccc12. The van der Waals surface area contributed by atoms with Crippen molar-refractivity contribution in [3.05, 3.63) is 114 Å². The van der Waals surface area contributed by atoms with Crippen molar-refractivity contribution < 1.29 is 13.2 Å². The van der Waals surface area contributed by atoms with Crippen molar-refractivity contribution >= 4 is 34.3 Å².